The first-order chi connectivity index (χ1) is 8.15. The van der Waals surface area contributed by atoms with E-state index in [1.54, 1.807) is 12.1 Å². The van der Waals surface area contributed by atoms with Gasteiger partial charge in [-0.15, -0.1) is 0 Å². The van der Waals surface area contributed by atoms with E-state index >= 15 is 0 Å². The molecule has 1 aromatic heterocycles. The molecule has 5 heteroatoms. The highest BCUT2D eigenvalue weighted by Gasteiger charge is 2.13. The molecular weight excluding hydrogens is 243 g/mol. The van der Waals surface area contributed by atoms with E-state index in [-0.39, 0.29) is 16.4 Å². The minimum Gasteiger partial charge on any atom is -0.396 e. The second-order valence-corrected chi connectivity index (χ2v) is 3.74. The second kappa shape index (κ2) is 4.51. The van der Waals surface area contributed by atoms with Crippen LogP contribution in [0.1, 0.15) is 10.4 Å². The van der Waals surface area contributed by atoms with Crippen molar-refractivity contribution in [3.8, 4) is 11.1 Å². The molecule has 0 saturated carbocycles. The van der Waals surface area contributed by atoms with Gasteiger partial charge in [0, 0.05) is 11.8 Å². The lowest BCUT2D eigenvalue weighted by Crippen LogP contribution is -1.97. The van der Waals surface area contributed by atoms with Crippen LogP contribution in [-0.4, -0.2) is 11.3 Å². The molecule has 0 saturated heterocycles. The first kappa shape index (κ1) is 11.5. The zero-order valence-electron chi connectivity index (χ0n) is 8.65. The first-order valence-corrected chi connectivity index (χ1v) is 5.17. The Morgan fingerprint density at radius 1 is 1.29 bits per heavy atom. The molecule has 2 rings (SSSR count). The minimum absolute atomic E-state index is 0.0403. The maximum absolute atomic E-state index is 13.4. The fourth-order valence-corrected chi connectivity index (χ4v) is 1.73. The van der Waals surface area contributed by atoms with Gasteiger partial charge in [-0.05, 0) is 17.7 Å². The molecule has 0 atom stereocenters. The number of halogens is 2. The predicted molar refractivity (Wildman–Crippen MR) is 64.4 cm³/mol. The average Bonchev–Trinajstić information content (AvgIpc) is 2.32. The Bertz CT molecular complexity index is 587. The van der Waals surface area contributed by atoms with Crippen LogP contribution >= 0.6 is 11.6 Å². The number of pyridine rings is 1. The van der Waals surface area contributed by atoms with Crippen LogP contribution < -0.4 is 5.73 Å². The highest BCUT2D eigenvalue weighted by Crippen LogP contribution is 2.32. The summed E-state index contributed by atoms with van der Waals surface area (Å²) in [5.41, 5.74) is 6.84. The lowest BCUT2D eigenvalue weighted by Gasteiger charge is -2.09. The third kappa shape index (κ3) is 1.99. The van der Waals surface area contributed by atoms with Gasteiger partial charge in [-0.25, -0.2) is 9.37 Å². The second-order valence-electron chi connectivity index (χ2n) is 3.38. The van der Waals surface area contributed by atoms with E-state index in [0.29, 0.717) is 17.4 Å². The van der Waals surface area contributed by atoms with Crippen molar-refractivity contribution in [2.45, 2.75) is 0 Å². The molecule has 3 nitrogen and oxygen atoms in total. The lowest BCUT2D eigenvalue weighted by atomic mass is 10.00. The summed E-state index contributed by atoms with van der Waals surface area (Å²) >= 11 is 5.78. The number of hydrogen-bond acceptors (Lipinski definition) is 3. The van der Waals surface area contributed by atoms with Gasteiger partial charge in [-0.3, -0.25) is 4.79 Å². The number of aldehydes is 1. The third-order valence-corrected chi connectivity index (χ3v) is 2.70. The van der Waals surface area contributed by atoms with Gasteiger partial charge in [0.05, 0.1) is 11.3 Å². The van der Waals surface area contributed by atoms with Crippen molar-refractivity contribution in [1.82, 2.24) is 4.98 Å². The Morgan fingerprint density at radius 2 is 2.06 bits per heavy atom. The van der Waals surface area contributed by atoms with Crippen LogP contribution in [0.3, 0.4) is 0 Å². The van der Waals surface area contributed by atoms with E-state index in [9.17, 15) is 9.18 Å². The van der Waals surface area contributed by atoms with Gasteiger partial charge in [-0.2, -0.15) is 0 Å². The molecule has 1 aromatic carbocycles. The Labute approximate surface area is 102 Å². The summed E-state index contributed by atoms with van der Waals surface area (Å²) in [5.74, 6) is -0.593. The summed E-state index contributed by atoms with van der Waals surface area (Å²) in [4.78, 5) is 14.7. The Hall–Kier alpha value is -1.94. The number of benzene rings is 1. The summed E-state index contributed by atoms with van der Waals surface area (Å²) in [6, 6.07) is 5.91. The molecule has 17 heavy (non-hydrogen) atoms. The Balaban J connectivity index is 2.73. The molecule has 2 aromatic rings. The molecule has 0 fully saturated rings. The number of nitrogens with two attached hydrogens (primary N) is 1. The molecule has 1 heterocycles. The molecule has 0 spiro atoms. The van der Waals surface area contributed by atoms with E-state index in [0.717, 1.165) is 0 Å². The van der Waals surface area contributed by atoms with Gasteiger partial charge >= 0.3 is 0 Å². The van der Waals surface area contributed by atoms with Crippen molar-refractivity contribution in [3.05, 3.63) is 47.0 Å². The summed E-state index contributed by atoms with van der Waals surface area (Å²) < 4.78 is 13.4. The fourth-order valence-electron chi connectivity index (χ4n) is 1.57. The van der Waals surface area contributed by atoms with Gasteiger partial charge in [0.1, 0.15) is 5.82 Å². The highest BCUT2D eigenvalue weighted by molar-refractivity contribution is 6.32. The average molecular weight is 251 g/mol. The van der Waals surface area contributed by atoms with Crippen molar-refractivity contribution in [3.63, 3.8) is 0 Å². The van der Waals surface area contributed by atoms with Gasteiger partial charge in [0.15, 0.2) is 11.4 Å². The van der Waals surface area contributed by atoms with Gasteiger partial charge in [0.25, 0.3) is 0 Å². The number of anilines is 1. The summed E-state index contributed by atoms with van der Waals surface area (Å²) in [7, 11) is 0. The highest BCUT2D eigenvalue weighted by atomic mass is 35.5. The monoisotopic (exact) mass is 250 g/mol. The number of aromatic nitrogens is 1. The summed E-state index contributed by atoms with van der Waals surface area (Å²) in [6.45, 7) is 0. The molecule has 86 valence electrons. The third-order valence-electron chi connectivity index (χ3n) is 2.40. The van der Waals surface area contributed by atoms with Crippen LogP contribution in [0.15, 0.2) is 30.5 Å². The molecule has 0 aliphatic carbocycles. The van der Waals surface area contributed by atoms with Crippen molar-refractivity contribution >= 4 is 23.6 Å². The Kier molecular flexibility index (Phi) is 3.06. The van der Waals surface area contributed by atoms with Crippen molar-refractivity contribution in [2.24, 2.45) is 0 Å². The van der Waals surface area contributed by atoms with Crippen LogP contribution in [-0.2, 0) is 0 Å². The molecule has 0 unspecified atom stereocenters. The van der Waals surface area contributed by atoms with Crippen LogP contribution in [0, 0.1) is 5.82 Å². The molecule has 0 aliphatic rings. The number of nitrogens with zero attached hydrogens (tertiary/aromatic N) is 1. The molecule has 0 radical (unpaired) electrons. The summed E-state index contributed by atoms with van der Waals surface area (Å²) in [6.07, 6.45) is 1.91. The van der Waals surface area contributed by atoms with Gasteiger partial charge in [-0.1, -0.05) is 23.7 Å². The topological polar surface area (TPSA) is 56.0 Å². The molecule has 0 bridgehead atoms. The number of carbonyl (C=O) groups excluding carboxylic acids is 1. The SMILES string of the molecule is Nc1c(-c2cccc(F)c2C=O)ccnc1Cl. The number of rotatable bonds is 2. The zero-order valence-corrected chi connectivity index (χ0v) is 9.41. The van der Waals surface area contributed by atoms with E-state index < -0.39 is 5.82 Å². The van der Waals surface area contributed by atoms with Crippen LogP contribution in [0.25, 0.3) is 11.1 Å². The van der Waals surface area contributed by atoms with Crippen molar-refractivity contribution in [2.75, 3.05) is 5.73 Å². The van der Waals surface area contributed by atoms with E-state index in [2.05, 4.69) is 4.98 Å². The maximum atomic E-state index is 13.4. The minimum atomic E-state index is -0.593. The predicted octanol–water partition coefficient (Wildman–Crippen LogP) is 2.94. The van der Waals surface area contributed by atoms with Crippen LogP contribution in [0.5, 0.6) is 0 Å². The van der Waals surface area contributed by atoms with Crippen molar-refractivity contribution in [1.29, 1.82) is 0 Å². The fraction of sp³-hybridized carbons (Fsp3) is 0. The zero-order chi connectivity index (χ0) is 12.4. The largest absolute Gasteiger partial charge is 0.396 e. The van der Waals surface area contributed by atoms with Crippen LogP contribution in [0.2, 0.25) is 5.15 Å². The molecule has 2 N–H and O–H groups in total. The standard InChI is InChI=1S/C12H8ClFN2O/c13-12-11(15)8(4-5-16-12)7-2-1-3-10(14)9(7)6-17/h1-6H,15H2. The van der Waals surface area contributed by atoms with Crippen LogP contribution in [0.4, 0.5) is 10.1 Å². The smallest absolute Gasteiger partial charge is 0.153 e. The van der Waals surface area contributed by atoms with Gasteiger partial charge < -0.3 is 5.73 Å². The normalized spacial score (nSPS) is 10.2. The molecule has 0 amide bonds. The Morgan fingerprint density at radius 3 is 2.76 bits per heavy atom. The number of carbonyl (C=O) groups is 1. The van der Waals surface area contributed by atoms with Crippen molar-refractivity contribution < 1.29 is 9.18 Å². The van der Waals surface area contributed by atoms with E-state index in [1.165, 1.54) is 18.3 Å². The first-order valence-electron chi connectivity index (χ1n) is 4.79. The van der Waals surface area contributed by atoms with E-state index in [1.807, 2.05) is 0 Å². The van der Waals surface area contributed by atoms with Gasteiger partial charge in [0.2, 0.25) is 0 Å². The summed E-state index contributed by atoms with van der Waals surface area (Å²) in [5, 5.41) is 0.128. The van der Waals surface area contributed by atoms with E-state index in [4.69, 9.17) is 17.3 Å². The number of nitrogen functional groups attached to an aromatic ring is 1. The lowest BCUT2D eigenvalue weighted by molar-refractivity contribution is 0.112. The quantitative estimate of drug-likeness (QED) is 0.659. The molecular formula is C12H8ClFN2O. The molecule has 0 aliphatic heterocycles. The maximum Gasteiger partial charge on any atom is 0.153 e. The number of hydrogen-bond donors (Lipinski definition) is 1.